The van der Waals surface area contributed by atoms with E-state index in [2.05, 4.69) is 169 Å². The smallest absolute Gasteiger partial charge is 0.101 e. The largest absolute Gasteiger partial charge is 0.340 e. The molecule has 0 atom stereocenters. The lowest BCUT2D eigenvalue weighted by Gasteiger charge is -2.28. The average Bonchev–Trinajstić information content (AvgIpc) is 3.18. The number of nitriles is 1. The molecule has 0 radical (unpaired) electrons. The second-order valence-corrected chi connectivity index (χ2v) is 12.3. The molecular weight excluding hydrogens is 593 g/mol. The molecule has 7 aromatic rings. The van der Waals surface area contributed by atoms with E-state index < -0.39 is 0 Å². The van der Waals surface area contributed by atoms with Crippen molar-refractivity contribution in [3.05, 3.63) is 211 Å². The van der Waals surface area contributed by atoms with Crippen LogP contribution in [0.1, 0.15) is 16.7 Å². The van der Waals surface area contributed by atoms with Crippen LogP contribution in [-0.2, 0) is 13.0 Å². The minimum atomic E-state index is 0.602. The Morgan fingerprint density at radius 2 is 0.918 bits per heavy atom. The molecule has 0 heterocycles. The normalized spacial score (nSPS) is 10.7. The third kappa shape index (κ3) is 7.28. The van der Waals surface area contributed by atoms with Gasteiger partial charge in [0.05, 0.1) is 11.3 Å². The van der Waals surface area contributed by atoms with Gasteiger partial charge < -0.3 is 4.90 Å². The summed E-state index contributed by atoms with van der Waals surface area (Å²) in [6.45, 7) is 5.17. The van der Waals surface area contributed by atoms with E-state index >= 15 is 0 Å². The highest BCUT2D eigenvalue weighted by atomic mass is 15.1. The fourth-order valence-electron chi connectivity index (χ4n) is 6.37. The van der Waals surface area contributed by atoms with Crippen LogP contribution in [-0.4, -0.2) is 0 Å². The van der Waals surface area contributed by atoms with Crippen molar-refractivity contribution in [2.24, 2.45) is 0 Å². The van der Waals surface area contributed by atoms with E-state index in [1.807, 2.05) is 30.3 Å². The van der Waals surface area contributed by atoms with Crippen molar-refractivity contribution in [3.63, 3.8) is 0 Å². The number of hydrogen-bond acceptors (Lipinski definition) is 2. The Hall–Kier alpha value is -6.43. The van der Waals surface area contributed by atoms with E-state index in [9.17, 15) is 5.26 Å². The van der Waals surface area contributed by atoms with Gasteiger partial charge in [-0.1, -0.05) is 152 Å². The van der Waals surface area contributed by atoms with Crippen molar-refractivity contribution in [2.75, 3.05) is 4.90 Å². The summed E-state index contributed by atoms with van der Waals surface area (Å²) in [6.07, 6.45) is 0.651. The van der Waals surface area contributed by atoms with Crippen LogP contribution in [0.2, 0.25) is 0 Å². The molecular formula is C47H36N2. The predicted molar refractivity (Wildman–Crippen MR) is 205 cm³/mol. The van der Waals surface area contributed by atoms with Gasteiger partial charge in [0.15, 0.2) is 0 Å². The first-order valence-corrected chi connectivity index (χ1v) is 16.6. The van der Waals surface area contributed by atoms with Gasteiger partial charge >= 0.3 is 0 Å². The van der Waals surface area contributed by atoms with Crippen LogP contribution in [0.5, 0.6) is 0 Å². The predicted octanol–water partition coefficient (Wildman–Crippen LogP) is 12.0. The molecule has 2 heteroatoms. The molecule has 0 unspecified atom stereocenters. The lowest BCUT2D eigenvalue weighted by Crippen LogP contribution is -2.23. The molecule has 0 aliphatic carbocycles. The SMILES string of the molecule is C=C(Cc1ccc(-c2cc(-c3ccccc3)cc(-c3ccccc3)c2)cc1)N(Cc1cccc(-c2ccccc2)c1)c1ccccc1C#N. The molecule has 0 aliphatic heterocycles. The van der Waals surface area contributed by atoms with Gasteiger partial charge in [-0.15, -0.1) is 0 Å². The molecule has 0 aromatic heterocycles. The van der Waals surface area contributed by atoms with Crippen LogP contribution in [0.4, 0.5) is 5.69 Å². The summed E-state index contributed by atoms with van der Waals surface area (Å²) in [6, 6.07) is 66.0. The Morgan fingerprint density at radius 1 is 0.449 bits per heavy atom. The highest BCUT2D eigenvalue weighted by molar-refractivity contribution is 5.81. The first-order chi connectivity index (χ1) is 24.1. The van der Waals surface area contributed by atoms with E-state index in [-0.39, 0.29) is 0 Å². The maximum atomic E-state index is 10.0. The number of hydrogen-bond donors (Lipinski definition) is 0. The van der Waals surface area contributed by atoms with Crippen molar-refractivity contribution in [1.82, 2.24) is 0 Å². The summed E-state index contributed by atoms with van der Waals surface area (Å²) >= 11 is 0. The van der Waals surface area contributed by atoms with Crippen molar-refractivity contribution < 1.29 is 0 Å². The zero-order valence-corrected chi connectivity index (χ0v) is 27.3. The van der Waals surface area contributed by atoms with Crippen LogP contribution in [0.25, 0.3) is 44.5 Å². The number of anilines is 1. The van der Waals surface area contributed by atoms with Crippen LogP contribution < -0.4 is 4.90 Å². The van der Waals surface area contributed by atoms with Crippen molar-refractivity contribution >= 4 is 5.69 Å². The van der Waals surface area contributed by atoms with Crippen LogP contribution in [0.15, 0.2) is 194 Å². The first kappa shape index (κ1) is 31.2. The molecule has 0 N–H and O–H groups in total. The van der Waals surface area contributed by atoms with Crippen molar-refractivity contribution in [1.29, 1.82) is 5.26 Å². The molecule has 7 rings (SSSR count). The van der Waals surface area contributed by atoms with E-state index in [1.54, 1.807) is 0 Å². The number of nitrogens with zero attached hydrogens (tertiary/aromatic N) is 2. The lowest BCUT2D eigenvalue weighted by molar-refractivity contribution is 0.879. The summed E-state index contributed by atoms with van der Waals surface area (Å²) in [5.41, 5.74) is 14.2. The molecule has 0 spiro atoms. The summed E-state index contributed by atoms with van der Waals surface area (Å²) < 4.78 is 0. The second-order valence-electron chi connectivity index (χ2n) is 12.3. The van der Waals surface area contributed by atoms with Gasteiger partial charge in [-0.05, 0) is 92.0 Å². The molecule has 234 valence electrons. The van der Waals surface area contributed by atoms with Gasteiger partial charge in [0, 0.05) is 18.7 Å². The van der Waals surface area contributed by atoms with Crippen LogP contribution in [0.3, 0.4) is 0 Å². The Balaban J connectivity index is 1.18. The zero-order valence-electron chi connectivity index (χ0n) is 27.3. The standard InChI is InChI=1S/C47H36N2/c1-35(49(47-23-12-11-21-43(47)33-48)34-37-14-13-22-42(29-37)38-15-5-2-6-16-38)28-36-24-26-41(27-25-36)46-31-44(39-17-7-3-8-18-39)30-45(32-46)40-19-9-4-10-20-40/h2-27,29-32H,1,28,34H2. The Bertz CT molecular complexity index is 2170. The summed E-state index contributed by atoms with van der Waals surface area (Å²) in [5.74, 6) is 0. The van der Waals surface area contributed by atoms with Crippen LogP contribution in [0, 0.1) is 11.3 Å². The highest BCUT2D eigenvalue weighted by Crippen LogP contribution is 2.34. The topological polar surface area (TPSA) is 27.0 Å². The molecule has 0 bridgehead atoms. The van der Waals surface area contributed by atoms with Crippen molar-refractivity contribution in [3.8, 4) is 50.6 Å². The molecule has 7 aromatic carbocycles. The quantitative estimate of drug-likeness (QED) is 0.151. The Morgan fingerprint density at radius 3 is 1.47 bits per heavy atom. The third-order valence-electron chi connectivity index (χ3n) is 8.91. The molecule has 0 saturated heterocycles. The van der Waals surface area contributed by atoms with E-state index in [0.717, 1.165) is 28.1 Å². The molecule has 0 amide bonds. The average molecular weight is 629 g/mol. The van der Waals surface area contributed by atoms with Gasteiger partial charge in [0.2, 0.25) is 0 Å². The highest BCUT2D eigenvalue weighted by Gasteiger charge is 2.16. The van der Waals surface area contributed by atoms with Gasteiger partial charge in [0.25, 0.3) is 0 Å². The minimum Gasteiger partial charge on any atom is -0.340 e. The van der Waals surface area contributed by atoms with E-state index in [4.69, 9.17) is 0 Å². The fourth-order valence-corrected chi connectivity index (χ4v) is 6.37. The van der Waals surface area contributed by atoms with E-state index in [1.165, 1.54) is 38.9 Å². The maximum Gasteiger partial charge on any atom is 0.101 e. The molecule has 0 fully saturated rings. The molecule has 0 aliphatic rings. The number of para-hydroxylation sites is 1. The maximum absolute atomic E-state index is 10.0. The lowest BCUT2D eigenvalue weighted by atomic mass is 9.93. The minimum absolute atomic E-state index is 0.602. The third-order valence-corrected chi connectivity index (χ3v) is 8.91. The summed E-state index contributed by atoms with van der Waals surface area (Å²) in [5, 5.41) is 10.0. The van der Waals surface area contributed by atoms with Gasteiger partial charge in [-0.25, -0.2) is 0 Å². The summed E-state index contributed by atoms with van der Waals surface area (Å²) in [7, 11) is 0. The Labute approximate surface area is 289 Å². The Kier molecular flexibility index (Phi) is 9.26. The molecule has 49 heavy (non-hydrogen) atoms. The van der Waals surface area contributed by atoms with Crippen molar-refractivity contribution in [2.45, 2.75) is 13.0 Å². The van der Waals surface area contributed by atoms with Gasteiger partial charge in [0.1, 0.15) is 6.07 Å². The molecule has 2 nitrogen and oxygen atoms in total. The monoisotopic (exact) mass is 628 g/mol. The number of allylic oxidation sites excluding steroid dienone is 1. The number of benzene rings is 7. The zero-order chi connectivity index (χ0) is 33.4. The van der Waals surface area contributed by atoms with Crippen LogP contribution >= 0.6 is 0 Å². The fraction of sp³-hybridized carbons (Fsp3) is 0.0426. The summed E-state index contributed by atoms with van der Waals surface area (Å²) in [4.78, 5) is 2.19. The van der Waals surface area contributed by atoms with Gasteiger partial charge in [-0.2, -0.15) is 5.26 Å². The number of rotatable bonds is 10. The molecule has 0 saturated carbocycles. The second kappa shape index (κ2) is 14.6. The van der Waals surface area contributed by atoms with E-state index in [0.29, 0.717) is 18.5 Å². The van der Waals surface area contributed by atoms with Gasteiger partial charge in [-0.3, -0.25) is 0 Å². The first-order valence-electron chi connectivity index (χ1n) is 16.6.